The second-order valence-corrected chi connectivity index (χ2v) is 7.36. The zero-order chi connectivity index (χ0) is 16.0. The second kappa shape index (κ2) is 7.77. The number of ether oxygens (including phenoxy) is 1. The highest BCUT2D eigenvalue weighted by Crippen LogP contribution is 2.23. The van der Waals surface area contributed by atoms with E-state index in [1.807, 2.05) is 0 Å². The summed E-state index contributed by atoms with van der Waals surface area (Å²) in [6.07, 6.45) is 1.65. The molecule has 5 nitrogen and oxygen atoms in total. The highest BCUT2D eigenvalue weighted by atomic mass is 35.7. The van der Waals surface area contributed by atoms with Crippen LogP contribution in [0.2, 0.25) is 0 Å². The van der Waals surface area contributed by atoms with Crippen LogP contribution >= 0.6 is 10.7 Å². The van der Waals surface area contributed by atoms with Crippen molar-refractivity contribution in [3.8, 4) is 0 Å². The van der Waals surface area contributed by atoms with Crippen molar-refractivity contribution in [3.05, 3.63) is 28.8 Å². The largest absolute Gasteiger partial charge is 0.385 e. The fraction of sp³-hybridized carbons (Fsp3) is 0.500. The van der Waals surface area contributed by atoms with Gasteiger partial charge in [-0.15, -0.1) is 0 Å². The highest BCUT2D eigenvalue weighted by molar-refractivity contribution is 8.13. The molecule has 0 saturated carbocycles. The number of aryl methyl sites for hydroxylation is 2. The predicted octanol–water partition coefficient (Wildman–Crippen LogP) is 2.39. The van der Waals surface area contributed by atoms with Crippen molar-refractivity contribution in [3.63, 3.8) is 0 Å². The molecule has 0 unspecified atom stereocenters. The van der Waals surface area contributed by atoms with Gasteiger partial charge in [0.05, 0.1) is 4.90 Å². The maximum absolute atomic E-state index is 12.1. The molecule has 0 atom stereocenters. The Balaban J connectivity index is 2.85. The minimum Gasteiger partial charge on any atom is -0.385 e. The molecule has 118 valence electrons. The van der Waals surface area contributed by atoms with Crippen LogP contribution in [0.15, 0.2) is 17.0 Å². The number of amides is 1. The maximum Gasteiger partial charge on any atom is 0.261 e. The fourth-order valence-corrected chi connectivity index (χ4v) is 3.21. The summed E-state index contributed by atoms with van der Waals surface area (Å²) in [6.45, 7) is 4.57. The first-order valence-electron chi connectivity index (χ1n) is 6.60. The molecule has 0 saturated heterocycles. The molecule has 0 aliphatic heterocycles. The quantitative estimate of drug-likeness (QED) is 0.614. The molecule has 0 aliphatic carbocycles. The molecule has 1 aromatic carbocycles. The Bertz CT molecular complexity index is 614. The number of hydrogen-bond acceptors (Lipinski definition) is 4. The van der Waals surface area contributed by atoms with Crippen LogP contribution in [0.25, 0.3) is 0 Å². The van der Waals surface area contributed by atoms with Gasteiger partial charge in [0.2, 0.25) is 0 Å². The molecule has 0 aromatic heterocycles. The Morgan fingerprint density at radius 3 is 2.48 bits per heavy atom. The lowest BCUT2D eigenvalue weighted by molar-refractivity contribution is 0.0950. The number of unbranched alkanes of at least 4 members (excludes halogenated alkanes) is 1. The van der Waals surface area contributed by atoms with E-state index in [-0.39, 0.29) is 10.8 Å². The molecule has 0 aliphatic rings. The SMILES string of the molecule is COCCCCNC(=O)c1cc(S(=O)(=O)Cl)c(C)cc1C. The summed E-state index contributed by atoms with van der Waals surface area (Å²) >= 11 is 0. The van der Waals surface area contributed by atoms with Crippen LogP contribution in [-0.4, -0.2) is 34.6 Å². The number of benzene rings is 1. The summed E-state index contributed by atoms with van der Waals surface area (Å²) < 4.78 is 27.9. The Kier molecular flexibility index (Phi) is 6.64. The summed E-state index contributed by atoms with van der Waals surface area (Å²) in [6, 6.07) is 2.98. The molecule has 7 heteroatoms. The fourth-order valence-electron chi connectivity index (χ4n) is 2.01. The highest BCUT2D eigenvalue weighted by Gasteiger charge is 2.18. The topological polar surface area (TPSA) is 72.5 Å². The van der Waals surface area contributed by atoms with E-state index in [0.717, 1.165) is 12.8 Å². The number of halogens is 1. The Morgan fingerprint density at radius 2 is 1.90 bits per heavy atom. The average molecular weight is 334 g/mol. The van der Waals surface area contributed by atoms with Gasteiger partial charge in [0, 0.05) is 36.5 Å². The van der Waals surface area contributed by atoms with E-state index in [1.54, 1.807) is 27.0 Å². The van der Waals surface area contributed by atoms with Gasteiger partial charge in [-0.2, -0.15) is 0 Å². The first-order valence-corrected chi connectivity index (χ1v) is 8.91. The third-order valence-electron chi connectivity index (χ3n) is 3.09. The van der Waals surface area contributed by atoms with Gasteiger partial charge in [-0.05, 0) is 43.9 Å². The molecule has 0 bridgehead atoms. The van der Waals surface area contributed by atoms with Crippen molar-refractivity contribution in [2.45, 2.75) is 31.6 Å². The van der Waals surface area contributed by atoms with Gasteiger partial charge in [0.15, 0.2) is 0 Å². The second-order valence-electron chi connectivity index (χ2n) is 4.83. The summed E-state index contributed by atoms with van der Waals surface area (Å²) in [5.74, 6) is -0.300. The lowest BCUT2D eigenvalue weighted by atomic mass is 10.0. The van der Waals surface area contributed by atoms with Crippen LogP contribution in [0.4, 0.5) is 0 Å². The van der Waals surface area contributed by atoms with Crippen LogP contribution in [0.5, 0.6) is 0 Å². The number of nitrogens with one attached hydrogen (secondary N) is 1. The van der Waals surface area contributed by atoms with E-state index < -0.39 is 9.05 Å². The molecule has 1 aromatic rings. The minimum atomic E-state index is -3.86. The molecule has 21 heavy (non-hydrogen) atoms. The van der Waals surface area contributed by atoms with Crippen LogP contribution in [0, 0.1) is 13.8 Å². The van der Waals surface area contributed by atoms with Gasteiger partial charge < -0.3 is 10.1 Å². The monoisotopic (exact) mass is 333 g/mol. The minimum absolute atomic E-state index is 0.0284. The van der Waals surface area contributed by atoms with Crippen molar-refractivity contribution in [2.24, 2.45) is 0 Å². The summed E-state index contributed by atoms with van der Waals surface area (Å²) in [7, 11) is 3.15. The number of methoxy groups -OCH3 is 1. The average Bonchev–Trinajstić information content (AvgIpc) is 2.36. The van der Waals surface area contributed by atoms with E-state index in [0.29, 0.717) is 29.8 Å². The van der Waals surface area contributed by atoms with Crippen molar-refractivity contribution in [2.75, 3.05) is 20.3 Å². The lowest BCUT2D eigenvalue weighted by Gasteiger charge is -2.11. The first kappa shape index (κ1) is 17.9. The van der Waals surface area contributed by atoms with Crippen LogP contribution in [0.3, 0.4) is 0 Å². The predicted molar refractivity (Wildman–Crippen MR) is 82.4 cm³/mol. The van der Waals surface area contributed by atoms with Crippen LogP contribution < -0.4 is 5.32 Å². The van der Waals surface area contributed by atoms with E-state index in [9.17, 15) is 13.2 Å². The molecule has 1 rings (SSSR count). The smallest absolute Gasteiger partial charge is 0.261 e. The number of hydrogen-bond donors (Lipinski definition) is 1. The summed E-state index contributed by atoms with van der Waals surface area (Å²) in [5.41, 5.74) is 1.57. The van der Waals surface area contributed by atoms with E-state index in [4.69, 9.17) is 15.4 Å². The molecule has 1 N–H and O–H groups in total. The lowest BCUT2D eigenvalue weighted by Crippen LogP contribution is -2.25. The van der Waals surface area contributed by atoms with Crippen molar-refractivity contribution >= 4 is 25.6 Å². The Morgan fingerprint density at radius 1 is 1.24 bits per heavy atom. The molecular formula is C14H20ClNO4S. The van der Waals surface area contributed by atoms with Crippen LogP contribution in [0.1, 0.15) is 34.3 Å². The van der Waals surface area contributed by atoms with Crippen LogP contribution in [-0.2, 0) is 13.8 Å². The number of rotatable bonds is 7. The molecule has 0 radical (unpaired) electrons. The molecule has 0 fully saturated rings. The molecule has 1 amide bonds. The van der Waals surface area contributed by atoms with E-state index in [1.165, 1.54) is 6.07 Å². The van der Waals surface area contributed by atoms with Gasteiger partial charge in [0.1, 0.15) is 0 Å². The number of carbonyl (C=O) groups is 1. The zero-order valence-electron chi connectivity index (χ0n) is 12.4. The first-order chi connectivity index (χ1) is 9.77. The van der Waals surface area contributed by atoms with E-state index in [2.05, 4.69) is 5.32 Å². The number of carbonyl (C=O) groups excluding carboxylic acids is 1. The normalized spacial score (nSPS) is 11.4. The van der Waals surface area contributed by atoms with Gasteiger partial charge in [-0.25, -0.2) is 8.42 Å². The standard InChI is InChI=1S/C14H20ClNO4S/c1-10-8-11(2)13(21(15,18)19)9-12(10)14(17)16-6-4-5-7-20-3/h8-9H,4-7H2,1-3H3,(H,16,17). The van der Waals surface area contributed by atoms with Gasteiger partial charge >= 0.3 is 0 Å². The van der Waals surface area contributed by atoms with E-state index >= 15 is 0 Å². The molecular weight excluding hydrogens is 314 g/mol. The van der Waals surface area contributed by atoms with Crippen molar-refractivity contribution < 1.29 is 17.9 Å². The van der Waals surface area contributed by atoms with Gasteiger partial charge in [-0.1, -0.05) is 6.07 Å². The Hall–Kier alpha value is -1.11. The Labute approximate surface area is 130 Å². The summed E-state index contributed by atoms with van der Waals surface area (Å²) in [5, 5.41) is 2.76. The third kappa shape index (κ3) is 5.30. The molecule has 0 heterocycles. The summed E-state index contributed by atoms with van der Waals surface area (Å²) in [4.78, 5) is 12.1. The molecule has 0 spiro atoms. The third-order valence-corrected chi connectivity index (χ3v) is 4.55. The van der Waals surface area contributed by atoms with Crippen molar-refractivity contribution in [1.29, 1.82) is 0 Å². The van der Waals surface area contributed by atoms with Gasteiger partial charge in [-0.3, -0.25) is 4.79 Å². The zero-order valence-corrected chi connectivity index (χ0v) is 14.0. The maximum atomic E-state index is 12.1. The van der Waals surface area contributed by atoms with Crippen molar-refractivity contribution in [1.82, 2.24) is 5.32 Å². The van der Waals surface area contributed by atoms with Gasteiger partial charge in [0.25, 0.3) is 15.0 Å².